The number of hydrogen-bond acceptors (Lipinski definition) is 3. The molecule has 0 aromatic carbocycles. The number of hydrogen-bond donors (Lipinski definition) is 0. The van der Waals surface area contributed by atoms with Gasteiger partial charge in [0.2, 0.25) is 0 Å². The number of carbonyl (C=O) groups is 2. The van der Waals surface area contributed by atoms with Gasteiger partial charge in [0.25, 0.3) is 0 Å². The van der Waals surface area contributed by atoms with Crippen molar-refractivity contribution >= 4 is 11.8 Å². The zero-order valence-corrected chi connectivity index (χ0v) is 7.34. The summed E-state index contributed by atoms with van der Waals surface area (Å²) < 4.78 is 4.96. The molecule has 0 heterocycles. The van der Waals surface area contributed by atoms with E-state index in [9.17, 15) is 9.59 Å². The summed E-state index contributed by atoms with van der Waals surface area (Å²) >= 11 is 0. The highest BCUT2D eigenvalue weighted by molar-refractivity contribution is 5.86. The number of Topliss-reactive ketones (excluding diaryl/α,β-unsaturated/α-hetero) is 1. The normalized spacial score (nSPS) is 23.8. The lowest BCUT2D eigenvalue weighted by Gasteiger charge is -2.20. The van der Waals surface area contributed by atoms with E-state index in [1.165, 1.54) is 0 Å². The smallest absolute Gasteiger partial charge is 0.306 e. The molecule has 12 heavy (non-hydrogen) atoms. The molecular weight excluding hydrogens is 156 g/mol. The van der Waals surface area contributed by atoms with Crippen molar-refractivity contribution < 1.29 is 14.3 Å². The van der Waals surface area contributed by atoms with E-state index < -0.39 is 6.10 Å². The highest BCUT2D eigenvalue weighted by Gasteiger charge is 2.24. The fourth-order valence-electron chi connectivity index (χ4n) is 1.32. The fourth-order valence-corrected chi connectivity index (χ4v) is 1.32. The number of ketones is 1. The predicted octanol–water partition coefficient (Wildman–Crippen LogP) is 1.45. The average Bonchev–Trinajstić information content (AvgIpc) is 2.09. The lowest BCUT2D eigenvalue weighted by molar-refractivity contribution is -0.156. The van der Waals surface area contributed by atoms with Crippen molar-refractivity contribution in [3.8, 4) is 0 Å². The lowest BCUT2D eigenvalue weighted by atomic mass is 9.96. The van der Waals surface area contributed by atoms with Crippen LogP contribution in [0.5, 0.6) is 0 Å². The third-order valence-corrected chi connectivity index (χ3v) is 2.06. The quantitative estimate of drug-likeness (QED) is 0.589. The van der Waals surface area contributed by atoms with Crippen molar-refractivity contribution in [2.45, 2.75) is 45.1 Å². The van der Waals surface area contributed by atoms with Gasteiger partial charge in [-0.05, 0) is 19.3 Å². The van der Waals surface area contributed by atoms with Gasteiger partial charge in [0.15, 0.2) is 11.9 Å². The third-order valence-electron chi connectivity index (χ3n) is 2.06. The highest BCUT2D eigenvalue weighted by Crippen LogP contribution is 2.17. The molecule has 1 fully saturated rings. The van der Waals surface area contributed by atoms with E-state index in [-0.39, 0.29) is 11.8 Å². The van der Waals surface area contributed by atoms with Gasteiger partial charge in [-0.1, -0.05) is 6.92 Å². The van der Waals surface area contributed by atoms with E-state index >= 15 is 0 Å². The van der Waals surface area contributed by atoms with Gasteiger partial charge in [-0.25, -0.2) is 0 Å². The van der Waals surface area contributed by atoms with Crippen LogP contribution in [0.1, 0.15) is 39.0 Å². The summed E-state index contributed by atoms with van der Waals surface area (Å²) in [5, 5.41) is 0. The predicted molar refractivity (Wildman–Crippen MR) is 43.6 cm³/mol. The first-order valence-electron chi connectivity index (χ1n) is 4.46. The Kier molecular flexibility index (Phi) is 3.26. The van der Waals surface area contributed by atoms with E-state index in [1.54, 1.807) is 6.92 Å². The molecule has 1 aliphatic rings. The maximum atomic E-state index is 11.2. The van der Waals surface area contributed by atoms with Gasteiger partial charge in [0, 0.05) is 12.8 Å². The molecule has 0 spiro atoms. The van der Waals surface area contributed by atoms with Gasteiger partial charge in [-0.3, -0.25) is 9.59 Å². The molecule has 0 N–H and O–H groups in total. The van der Waals surface area contributed by atoms with Crippen molar-refractivity contribution in [2.24, 2.45) is 0 Å². The summed E-state index contributed by atoms with van der Waals surface area (Å²) in [6, 6.07) is 0. The SMILES string of the molecule is CCC(=O)OC1CCCCC1=O. The van der Waals surface area contributed by atoms with Gasteiger partial charge in [-0.2, -0.15) is 0 Å². The van der Waals surface area contributed by atoms with Gasteiger partial charge in [0.1, 0.15) is 0 Å². The number of esters is 1. The van der Waals surface area contributed by atoms with Gasteiger partial charge in [-0.15, -0.1) is 0 Å². The Balaban J connectivity index is 2.39. The van der Waals surface area contributed by atoms with E-state index in [4.69, 9.17) is 4.74 Å². The molecule has 0 bridgehead atoms. The average molecular weight is 170 g/mol. The Labute approximate surface area is 72.1 Å². The fraction of sp³-hybridized carbons (Fsp3) is 0.778. The highest BCUT2D eigenvalue weighted by atomic mass is 16.5. The second-order valence-corrected chi connectivity index (χ2v) is 3.04. The zero-order valence-electron chi connectivity index (χ0n) is 7.34. The van der Waals surface area contributed by atoms with Crippen molar-refractivity contribution in [1.29, 1.82) is 0 Å². The maximum Gasteiger partial charge on any atom is 0.306 e. The van der Waals surface area contributed by atoms with E-state index in [0.29, 0.717) is 19.3 Å². The van der Waals surface area contributed by atoms with Crippen molar-refractivity contribution in [3.05, 3.63) is 0 Å². The van der Waals surface area contributed by atoms with E-state index in [1.807, 2.05) is 0 Å². The molecule has 1 unspecified atom stereocenters. The minimum atomic E-state index is -0.439. The summed E-state index contributed by atoms with van der Waals surface area (Å²) in [4.78, 5) is 22.0. The van der Waals surface area contributed by atoms with Gasteiger partial charge >= 0.3 is 5.97 Å². The van der Waals surface area contributed by atoms with Crippen LogP contribution in [0.15, 0.2) is 0 Å². The molecule has 3 heteroatoms. The Hall–Kier alpha value is -0.860. The van der Waals surface area contributed by atoms with Crippen LogP contribution in [-0.4, -0.2) is 17.9 Å². The summed E-state index contributed by atoms with van der Waals surface area (Å²) in [5.41, 5.74) is 0. The largest absolute Gasteiger partial charge is 0.454 e. The lowest BCUT2D eigenvalue weighted by Crippen LogP contribution is -2.29. The number of carbonyl (C=O) groups excluding carboxylic acids is 2. The van der Waals surface area contributed by atoms with Crippen LogP contribution in [0.3, 0.4) is 0 Å². The molecule has 0 saturated heterocycles. The Morgan fingerprint density at radius 1 is 1.58 bits per heavy atom. The molecule has 0 aromatic rings. The molecular formula is C9H14O3. The molecule has 1 rings (SSSR count). The molecule has 0 radical (unpaired) electrons. The molecule has 3 nitrogen and oxygen atoms in total. The van der Waals surface area contributed by atoms with Crippen molar-refractivity contribution in [3.63, 3.8) is 0 Å². The summed E-state index contributed by atoms with van der Waals surface area (Å²) in [5.74, 6) is -0.182. The Bertz CT molecular complexity index is 186. The number of rotatable bonds is 2. The van der Waals surface area contributed by atoms with Crippen molar-refractivity contribution in [2.75, 3.05) is 0 Å². The monoisotopic (exact) mass is 170 g/mol. The summed E-state index contributed by atoms with van der Waals surface area (Å²) in [7, 11) is 0. The minimum Gasteiger partial charge on any atom is -0.454 e. The Morgan fingerprint density at radius 2 is 2.33 bits per heavy atom. The first kappa shape index (κ1) is 9.23. The second kappa shape index (κ2) is 4.24. The van der Waals surface area contributed by atoms with Crippen LogP contribution in [0.4, 0.5) is 0 Å². The zero-order chi connectivity index (χ0) is 8.97. The van der Waals surface area contributed by atoms with Gasteiger partial charge < -0.3 is 4.74 Å². The molecule has 1 saturated carbocycles. The van der Waals surface area contributed by atoms with E-state index in [2.05, 4.69) is 0 Å². The molecule has 0 amide bonds. The van der Waals surface area contributed by atoms with Crippen LogP contribution in [-0.2, 0) is 14.3 Å². The third kappa shape index (κ3) is 2.32. The molecule has 0 aliphatic heterocycles. The van der Waals surface area contributed by atoms with E-state index in [0.717, 1.165) is 12.8 Å². The first-order chi connectivity index (χ1) is 5.74. The summed E-state index contributed by atoms with van der Waals surface area (Å²) in [6.07, 6.45) is 3.13. The Morgan fingerprint density at radius 3 is 2.92 bits per heavy atom. The van der Waals surface area contributed by atoms with Crippen LogP contribution in [0, 0.1) is 0 Å². The van der Waals surface area contributed by atoms with Gasteiger partial charge in [0.05, 0.1) is 0 Å². The van der Waals surface area contributed by atoms with Crippen LogP contribution >= 0.6 is 0 Å². The second-order valence-electron chi connectivity index (χ2n) is 3.04. The van der Waals surface area contributed by atoms with Crippen molar-refractivity contribution in [1.82, 2.24) is 0 Å². The summed E-state index contributed by atoms with van der Waals surface area (Å²) in [6.45, 7) is 1.73. The van der Waals surface area contributed by atoms with Crippen LogP contribution in [0.2, 0.25) is 0 Å². The molecule has 0 aromatic heterocycles. The molecule has 1 aliphatic carbocycles. The molecule has 68 valence electrons. The number of ether oxygens (including phenoxy) is 1. The van der Waals surface area contributed by atoms with Crippen LogP contribution in [0.25, 0.3) is 0 Å². The first-order valence-corrected chi connectivity index (χ1v) is 4.46. The van der Waals surface area contributed by atoms with Crippen LogP contribution < -0.4 is 0 Å². The molecule has 1 atom stereocenters. The standard InChI is InChI=1S/C9H14O3/c1-2-9(11)12-8-6-4-3-5-7(8)10/h8H,2-6H2,1H3. The maximum absolute atomic E-state index is 11.2. The topological polar surface area (TPSA) is 43.4 Å². The minimum absolute atomic E-state index is 0.0862.